The second-order valence-electron chi connectivity index (χ2n) is 6.83. The number of hydrogen-bond donors (Lipinski definition) is 6. The first kappa shape index (κ1) is 24.1. The summed E-state index contributed by atoms with van der Waals surface area (Å²) in [6.45, 7) is 2.29. The van der Waals surface area contributed by atoms with Crippen molar-refractivity contribution in [1.29, 1.82) is 0 Å². The summed E-state index contributed by atoms with van der Waals surface area (Å²) in [4.78, 5) is 47.9. The predicted octanol–water partition coefficient (Wildman–Crippen LogP) is -1.62. The lowest BCUT2D eigenvalue weighted by molar-refractivity contribution is -0.142. The second-order valence-corrected chi connectivity index (χ2v) is 6.83. The van der Waals surface area contributed by atoms with Gasteiger partial charge in [0, 0.05) is 6.42 Å². The first-order valence-corrected chi connectivity index (χ1v) is 9.17. The molecule has 29 heavy (non-hydrogen) atoms. The van der Waals surface area contributed by atoms with Gasteiger partial charge in [0.2, 0.25) is 17.7 Å². The number of aliphatic hydroxyl groups excluding tert-OH is 1. The second kappa shape index (κ2) is 11.8. The van der Waals surface area contributed by atoms with Crippen molar-refractivity contribution in [2.75, 3.05) is 13.2 Å². The first-order valence-electron chi connectivity index (χ1n) is 9.17. The monoisotopic (exact) mass is 408 g/mol. The number of rotatable bonds is 11. The van der Waals surface area contributed by atoms with Crippen LogP contribution in [0.5, 0.6) is 0 Å². The van der Waals surface area contributed by atoms with E-state index in [2.05, 4.69) is 16.0 Å². The number of nitrogens with one attached hydrogen (secondary N) is 3. The lowest BCUT2D eigenvalue weighted by atomic mass is 10.0. The third kappa shape index (κ3) is 7.88. The molecule has 3 unspecified atom stereocenters. The Morgan fingerprint density at radius 3 is 2.07 bits per heavy atom. The molecule has 0 aliphatic rings. The first-order chi connectivity index (χ1) is 13.7. The van der Waals surface area contributed by atoms with Gasteiger partial charge in [-0.25, -0.2) is 4.79 Å². The highest BCUT2D eigenvalue weighted by Gasteiger charge is 2.31. The van der Waals surface area contributed by atoms with Gasteiger partial charge in [-0.1, -0.05) is 44.2 Å². The highest BCUT2D eigenvalue weighted by Crippen LogP contribution is 2.07. The number of carbonyl (C=O) groups excluding carboxylic acids is 3. The number of aliphatic carboxylic acids is 1. The van der Waals surface area contributed by atoms with E-state index in [1.807, 2.05) is 0 Å². The summed E-state index contributed by atoms with van der Waals surface area (Å²) in [5.41, 5.74) is 5.91. The van der Waals surface area contributed by atoms with E-state index in [-0.39, 0.29) is 18.9 Å². The summed E-state index contributed by atoms with van der Waals surface area (Å²) >= 11 is 0. The summed E-state index contributed by atoms with van der Waals surface area (Å²) in [5.74, 6) is -3.69. The molecule has 1 aromatic rings. The Bertz CT molecular complexity index is 710. The zero-order chi connectivity index (χ0) is 22.0. The van der Waals surface area contributed by atoms with Crippen LogP contribution in [0.4, 0.5) is 0 Å². The average Bonchev–Trinajstić information content (AvgIpc) is 2.69. The van der Waals surface area contributed by atoms with Crippen LogP contribution < -0.4 is 21.7 Å². The third-order valence-electron chi connectivity index (χ3n) is 4.16. The molecule has 3 amide bonds. The maximum Gasteiger partial charge on any atom is 0.326 e. The van der Waals surface area contributed by atoms with Gasteiger partial charge in [-0.2, -0.15) is 0 Å². The van der Waals surface area contributed by atoms with Crippen LogP contribution in [0.2, 0.25) is 0 Å². The van der Waals surface area contributed by atoms with Crippen molar-refractivity contribution in [2.45, 2.75) is 38.4 Å². The molecule has 0 heterocycles. The standard InChI is InChI=1S/C19H28N4O6/c1-11(2)16(23-17(26)14(10-24)21-15(25)9-20)18(27)22-13(19(28)29)8-12-6-4-3-5-7-12/h3-7,11,13-14,16,24H,8-10,20H2,1-2H3,(H,21,25)(H,22,27)(H,23,26)(H,28,29). The minimum Gasteiger partial charge on any atom is -0.480 e. The maximum atomic E-state index is 12.7. The zero-order valence-corrected chi connectivity index (χ0v) is 16.4. The summed E-state index contributed by atoms with van der Waals surface area (Å²) < 4.78 is 0. The molecule has 3 atom stereocenters. The van der Waals surface area contributed by atoms with E-state index in [4.69, 9.17) is 5.73 Å². The van der Waals surface area contributed by atoms with Gasteiger partial charge in [0.15, 0.2) is 0 Å². The minimum absolute atomic E-state index is 0.0759. The van der Waals surface area contributed by atoms with Crippen molar-refractivity contribution in [3.05, 3.63) is 35.9 Å². The number of benzene rings is 1. The van der Waals surface area contributed by atoms with E-state index < -0.39 is 48.4 Å². The Kier molecular flexibility index (Phi) is 9.76. The van der Waals surface area contributed by atoms with Crippen molar-refractivity contribution in [3.63, 3.8) is 0 Å². The van der Waals surface area contributed by atoms with Crippen molar-refractivity contribution in [2.24, 2.45) is 11.7 Å². The lowest BCUT2D eigenvalue weighted by Gasteiger charge is -2.26. The van der Waals surface area contributed by atoms with Gasteiger partial charge in [0.05, 0.1) is 13.2 Å². The fourth-order valence-electron chi connectivity index (χ4n) is 2.55. The van der Waals surface area contributed by atoms with Crippen LogP contribution in [0.3, 0.4) is 0 Å². The van der Waals surface area contributed by atoms with E-state index >= 15 is 0 Å². The highest BCUT2D eigenvalue weighted by molar-refractivity contribution is 5.93. The van der Waals surface area contributed by atoms with Gasteiger partial charge in [-0.3, -0.25) is 14.4 Å². The Morgan fingerprint density at radius 1 is 0.966 bits per heavy atom. The molecule has 160 valence electrons. The molecule has 0 fully saturated rings. The van der Waals surface area contributed by atoms with Crippen LogP contribution in [0.25, 0.3) is 0 Å². The van der Waals surface area contributed by atoms with E-state index in [9.17, 15) is 29.4 Å². The van der Waals surface area contributed by atoms with Gasteiger partial charge in [0.1, 0.15) is 18.1 Å². The Morgan fingerprint density at radius 2 is 1.59 bits per heavy atom. The van der Waals surface area contributed by atoms with Crippen LogP contribution in [0, 0.1) is 5.92 Å². The summed E-state index contributed by atoms with van der Waals surface area (Å²) in [7, 11) is 0. The fourth-order valence-corrected chi connectivity index (χ4v) is 2.55. The smallest absolute Gasteiger partial charge is 0.326 e. The van der Waals surface area contributed by atoms with E-state index in [0.29, 0.717) is 0 Å². The SMILES string of the molecule is CC(C)C(NC(=O)C(CO)NC(=O)CN)C(=O)NC(Cc1ccccc1)C(=O)O. The van der Waals surface area contributed by atoms with Crippen molar-refractivity contribution in [3.8, 4) is 0 Å². The highest BCUT2D eigenvalue weighted by atomic mass is 16.4. The number of nitrogens with two attached hydrogens (primary N) is 1. The van der Waals surface area contributed by atoms with E-state index in [1.165, 1.54) is 0 Å². The molecule has 10 nitrogen and oxygen atoms in total. The van der Waals surface area contributed by atoms with E-state index in [1.54, 1.807) is 44.2 Å². The average molecular weight is 408 g/mol. The molecule has 0 spiro atoms. The molecule has 1 aromatic carbocycles. The van der Waals surface area contributed by atoms with Crippen LogP contribution >= 0.6 is 0 Å². The van der Waals surface area contributed by atoms with Gasteiger partial charge in [0.25, 0.3) is 0 Å². The molecule has 0 aromatic heterocycles. The molecule has 7 N–H and O–H groups in total. The van der Waals surface area contributed by atoms with Crippen molar-refractivity contribution in [1.82, 2.24) is 16.0 Å². The third-order valence-corrected chi connectivity index (χ3v) is 4.16. The number of carboxylic acids is 1. The summed E-state index contributed by atoms with van der Waals surface area (Å²) in [6, 6.07) is 5.28. The molecular formula is C19H28N4O6. The van der Waals surface area contributed by atoms with Crippen molar-refractivity contribution >= 4 is 23.7 Å². The zero-order valence-electron chi connectivity index (χ0n) is 16.4. The Balaban J connectivity index is 2.85. The lowest BCUT2D eigenvalue weighted by Crippen LogP contribution is -2.58. The quantitative estimate of drug-likeness (QED) is 0.255. The molecule has 0 aliphatic carbocycles. The number of aliphatic hydroxyl groups is 1. The maximum absolute atomic E-state index is 12.7. The van der Waals surface area contributed by atoms with Crippen LogP contribution in [0.15, 0.2) is 30.3 Å². The van der Waals surface area contributed by atoms with Gasteiger partial charge >= 0.3 is 5.97 Å². The molecule has 0 radical (unpaired) electrons. The van der Waals surface area contributed by atoms with E-state index in [0.717, 1.165) is 5.56 Å². The molecule has 0 bridgehead atoms. The normalized spacial score (nSPS) is 13.8. The van der Waals surface area contributed by atoms with Gasteiger partial charge in [-0.15, -0.1) is 0 Å². The van der Waals surface area contributed by atoms with Crippen LogP contribution in [0.1, 0.15) is 19.4 Å². The minimum atomic E-state index is -1.28. The predicted molar refractivity (Wildman–Crippen MR) is 105 cm³/mol. The topological polar surface area (TPSA) is 171 Å². The Labute approximate surface area is 168 Å². The number of hydrogen-bond acceptors (Lipinski definition) is 6. The molecule has 0 aliphatic heterocycles. The van der Waals surface area contributed by atoms with Crippen LogP contribution in [-0.2, 0) is 25.6 Å². The molecule has 1 rings (SSSR count). The molecule has 0 saturated heterocycles. The number of carbonyl (C=O) groups is 4. The fraction of sp³-hybridized carbons (Fsp3) is 0.474. The van der Waals surface area contributed by atoms with Crippen LogP contribution in [-0.4, -0.2) is 65.2 Å². The number of amides is 3. The van der Waals surface area contributed by atoms with Crippen molar-refractivity contribution < 1.29 is 29.4 Å². The molecule has 0 saturated carbocycles. The summed E-state index contributed by atoms with van der Waals surface area (Å²) in [5, 5.41) is 25.9. The molecule has 10 heteroatoms. The largest absolute Gasteiger partial charge is 0.480 e. The molecular weight excluding hydrogens is 380 g/mol. The van der Waals surface area contributed by atoms with Gasteiger partial charge < -0.3 is 31.9 Å². The Hall–Kier alpha value is -2.98. The summed E-state index contributed by atoms with van der Waals surface area (Å²) in [6.07, 6.45) is 0.0759. The number of carboxylic acid groups (broad SMARTS) is 1. The van der Waals surface area contributed by atoms with Gasteiger partial charge in [-0.05, 0) is 11.5 Å².